The van der Waals surface area contributed by atoms with Crippen molar-refractivity contribution in [3.63, 3.8) is 0 Å². The first-order chi connectivity index (χ1) is 16.9. The van der Waals surface area contributed by atoms with Crippen molar-refractivity contribution in [1.29, 1.82) is 0 Å². The van der Waals surface area contributed by atoms with Crippen LogP contribution in [-0.4, -0.2) is 20.8 Å². The molecule has 0 aliphatic carbocycles. The van der Waals surface area contributed by atoms with Crippen molar-refractivity contribution in [3.05, 3.63) is 117 Å². The summed E-state index contributed by atoms with van der Waals surface area (Å²) in [5.74, 6) is -2.17. The van der Waals surface area contributed by atoms with Crippen LogP contribution in [0.1, 0.15) is 17.0 Å². The molecule has 4 aromatic rings. The fourth-order valence-corrected chi connectivity index (χ4v) is 3.60. The number of aromatic nitrogens is 2. The third-order valence-electron chi connectivity index (χ3n) is 5.02. The minimum atomic E-state index is -0.701. The van der Waals surface area contributed by atoms with Crippen LogP contribution in [0.15, 0.2) is 85.2 Å². The lowest BCUT2D eigenvalue weighted by Crippen LogP contribution is -2.35. The van der Waals surface area contributed by atoms with E-state index in [-0.39, 0.29) is 22.3 Å². The van der Waals surface area contributed by atoms with E-state index in [4.69, 9.17) is 11.6 Å². The van der Waals surface area contributed by atoms with E-state index in [2.05, 4.69) is 26.1 Å². The summed E-state index contributed by atoms with van der Waals surface area (Å²) < 4.78 is 13.5. The van der Waals surface area contributed by atoms with E-state index in [1.807, 2.05) is 60.7 Å². The highest BCUT2D eigenvalue weighted by molar-refractivity contribution is 6.31. The van der Waals surface area contributed by atoms with Gasteiger partial charge in [-0.3, -0.25) is 25.8 Å². The molecule has 3 aromatic carbocycles. The molecule has 176 valence electrons. The number of carbonyl (C=O) groups excluding carboxylic acids is 1. The van der Waals surface area contributed by atoms with Gasteiger partial charge in [-0.1, -0.05) is 72.3 Å². The summed E-state index contributed by atoms with van der Waals surface area (Å²) in [4.78, 5) is 32.1. The molecule has 11 heteroatoms. The van der Waals surface area contributed by atoms with Gasteiger partial charge < -0.3 is 5.32 Å². The van der Waals surface area contributed by atoms with E-state index in [9.17, 15) is 19.3 Å². The Kier molecular flexibility index (Phi) is 7.12. The average Bonchev–Trinajstić information content (AvgIpc) is 2.86. The van der Waals surface area contributed by atoms with Gasteiger partial charge in [0.1, 0.15) is 12.1 Å². The maximum Gasteiger partial charge on any atom is 0.355 e. The van der Waals surface area contributed by atoms with E-state index in [1.54, 1.807) is 0 Å². The van der Waals surface area contributed by atoms with Crippen LogP contribution < -0.4 is 16.2 Å². The molecule has 0 aliphatic heterocycles. The molecule has 0 aliphatic rings. The third kappa shape index (κ3) is 5.50. The molecule has 9 nitrogen and oxygen atoms in total. The predicted octanol–water partition coefficient (Wildman–Crippen LogP) is 5.20. The van der Waals surface area contributed by atoms with Gasteiger partial charge in [-0.15, -0.1) is 0 Å². The number of hydrazine groups is 1. The average molecular weight is 493 g/mol. The molecule has 0 radical (unpaired) electrons. The standard InChI is InChI=1S/C24H18ClFN6O3/c25-18-13-17(11-12-19(18)26)29-22-21(32(34)35)23(28-14-27-22)30-31-24(33)20(15-7-3-1-4-8-15)16-9-5-2-6-10-16/h1-14,20H,(H,31,33)(H2,27,28,29,30). The smallest absolute Gasteiger partial charge is 0.334 e. The van der Waals surface area contributed by atoms with Crippen molar-refractivity contribution in [2.75, 3.05) is 10.7 Å². The first-order valence-corrected chi connectivity index (χ1v) is 10.7. The number of benzene rings is 3. The highest BCUT2D eigenvalue weighted by Crippen LogP contribution is 2.32. The number of hydrogen-bond donors (Lipinski definition) is 3. The van der Waals surface area contributed by atoms with Gasteiger partial charge in [0, 0.05) is 5.69 Å². The molecule has 1 amide bonds. The normalized spacial score (nSPS) is 10.6. The van der Waals surface area contributed by atoms with E-state index >= 15 is 0 Å². The van der Waals surface area contributed by atoms with Crippen molar-refractivity contribution in [3.8, 4) is 0 Å². The zero-order chi connectivity index (χ0) is 24.8. The molecule has 0 fully saturated rings. The number of anilines is 3. The van der Waals surface area contributed by atoms with Gasteiger partial charge in [0.25, 0.3) is 0 Å². The summed E-state index contributed by atoms with van der Waals surface area (Å²) in [6, 6.07) is 22.0. The molecule has 35 heavy (non-hydrogen) atoms. The van der Waals surface area contributed by atoms with Crippen LogP contribution in [0, 0.1) is 15.9 Å². The van der Waals surface area contributed by atoms with Crippen LogP contribution >= 0.6 is 11.6 Å². The van der Waals surface area contributed by atoms with Crippen LogP contribution in [0.2, 0.25) is 5.02 Å². The Morgan fingerprint density at radius 1 is 0.943 bits per heavy atom. The van der Waals surface area contributed by atoms with Crippen LogP contribution in [-0.2, 0) is 4.79 Å². The number of nitrogens with one attached hydrogen (secondary N) is 3. The van der Waals surface area contributed by atoms with Crippen molar-refractivity contribution < 1.29 is 14.1 Å². The third-order valence-corrected chi connectivity index (χ3v) is 5.31. The minimum absolute atomic E-state index is 0.162. The Labute approximate surface area is 204 Å². The molecule has 4 rings (SSSR count). The molecule has 0 atom stereocenters. The Balaban J connectivity index is 1.59. The molecule has 0 unspecified atom stereocenters. The second kappa shape index (κ2) is 10.6. The first-order valence-electron chi connectivity index (χ1n) is 10.3. The summed E-state index contributed by atoms with van der Waals surface area (Å²) in [6.45, 7) is 0. The fourth-order valence-electron chi connectivity index (χ4n) is 3.42. The number of rotatable bonds is 8. The molecule has 1 aromatic heterocycles. The van der Waals surface area contributed by atoms with Gasteiger partial charge in [0.2, 0.25) is 17.5 Å². The SMILES string of the molecule is O=C(NNc1ncnc(Nc2ccc(F)c(Cl)c2)c1[N+](=O)[O-])C(c1ccccc1)c1ccccc1. The monoisotopic (exact) mass is 492 g/mol. The molecular weight excluding hydrogens is 475 g/mol. The predicted molar refractivity (Wildman–Crippen MR) is 130 cm³/mol. The summed E-state index contributed by atoms with van der Waals surface area (Å²) in [7, 11) is 0. The maximum atomic E-state index is 13.5. The Morgan fingerprint density at radius 2 is 1.54 bits per heavy atom. The van der Waals surface area contributed by atoms with E-state index < -0.39 is 28.3 Å². The van der Waals surface area contributed by atoms with E-state index in [0.717, 1.165) is 23.5 Å². The molecule has 0 saturated carbocycles. The highest BCUT2D eigenvalue weighted by Gasteiger charge is 2.26. The molecule has 3 N–H and O–H groups in total. The number of carbonyl (C=O) groups is 1. The number of nitro groups is 1. The number of halogens is 2. The topological polar surface area (TPSA) is 122 Å². The van der Waals surface area contributed by atoms with Gasteiger partial charge >= 0.3 is 5.69 Å². The minimum Gasteiger partial charge on any atom is -0.334 e. The van der Waals surface area contributed by atoms with Crippen LogP contribution in [0.5, 0.6) is 0 Å². The fraction of sp³-hybridized carbons (Fsp3) is 0.0417. The summed E-state index contributed by atoms with van der Waals surface area (Å²) in [6.07, 6.45) is 1.08. The summed E-state index contributed by atoms with van der Waals surface area (Å²) >= 11 is 5.79. The van der Waals surface area contributed by atoms with E-state index in [0.29, 0.717) is 0 Å². The zero-order valence-corrected chi connectivity index (χ0v) is 18.7. The van der Waals surface area contributed by atoms with Crippen molar-refractivity contribution in [1.82, 2.24) is 15.4 Å². The quantitative estimate of drug-likeness (QED) is 0.228. The zero-order valence-electron chi connectivity index (χ0n) is 18.0. The lowest BCUT2D eigenvalue weighted by Gasteiger charge is -2.18. The maximum absolute atomic E-state index is 13.5. The number of amides is 1. The van der Waals surface area contributed by atoms with Crippen molar-refractivity contribution in [2.45, 2.75) is 5.92 Å². The van der Waals surface area contributed by atoms with Gasteiger partial charge in [-0.25, -0.2) is 14.4 Å². The molecular formula is C24H18ClFN6O3. The van der Waals surface area contributed by atoms with Gasteiger partial charge in [0.05, 0.1) is 15.9 Å². The van der Waals surface area contributed by atoms with Crippen LogP contribution in [0.4, 0.5) is 27.4 Å². The molecule has 1 heterocycles. The molecule has 0 saturated heterocycles. The van der Waals surface area contributed by atoms with Gasteiger partial charge in [-0.05, 0) is 29.3 Å². The van der Waals surface area contributed by atoms with E-state index in [1.165, 1.54) is 12.1 Å². The lowest BCUT2D eigenvalue weighted by molar-refractivity contribution is -0.383. The highest BCUT2D eigenvalue weighted by atomic mass is 35.5. The molecule has 0 bridgehead atoms. The summed E-state index contributed by atoms with van der Waals surface area (Å²) in [5, 5.41) is 14.4. The Hall–Kier alpha value is -4.57. The molecule has 0 spiro atoms. The second-order valence-electron chi connectivity index (χ2n) is 7.30. The number of nitrogens with zero attached hydrogens (tertiary/aromatic N) is 3. The van der Waals surface area contributed by atoms with Crippen molar-refractivity contribution in [2.24, 2.45) is 0 Å². The summed E-state index contributed by atoms with van der Waals surface area (Å²) in [5.41, 5.74) is 6.30. The Bertz CT molecular complexity index is 1320. The van der Waals surface area contributed by atoms with Crippen molar-refractivity contribution >= 4 is 40.5 Å². The van der Waals surface area contributed by atoms with Gasteiger partial charge in [0.15, 0.2) is 0 Å². The lowest BCUT2D eigenvalue weighted by atomic mass is 9.91. The second-order valence-corrected chi connectivity index (χ2v) is 7.71. The van der Waals surface area contributed by atoms with Gasteiger partial charge in [-0.2, -0.15) is 0 Å². The largest absolute Gasteiger partial charge is 0.355 e. The van der Waals surface area contributed by atoms with Crippen LogP contribution in [0.3, 0.4) is 0 Å². The van der Waals surface area contributed by atoms with Crippen LogP contribution in [0.25, 0.3) is 0 Å². The first kappa shape index (κ1) is 23.6. The number of hydrogen-bond acceptors (Lipinski definition) is 7. The Morgan fingerprint density at radius 3 is 2.11 bits per heavy atom.